The van der Waals surface area contributed by atoms with Crippen LogP contribution in [0.2, 0.25) is 0 Å². The number of ether oxygens (including phenoxy) is 2. The Kier molecular flexibility index (Phi) is 5.65. The van der Waals surface area contributed by atoms with Gasteiger partial charge in [0.1, 0.15) is 17.6 Å². The van der Waals surface area contributed by atoms with Gasteiger partial charge in [-0.15, -0.1) is 0 Å². The lowest BCUT2D eigenvalue weighted by molar-refractivity contribution is 0.171. The molecule has 0 saturated carbocycles. The molecule has 0 spiro atoms. The Hall–Kier alpha value is -1.52. The molecule has 3 nitrogen and oxygen atoms in total. The monoisotopic (exact) mass is 349 g/mol. The molecule has 0 aliphatic heterocycles. The van der Waals surface area contributed by atoms with Crippen molar-refractivity contribution in [3.8, 4) is 11.5 Å². The summed E-state index contributed by atoms with van der Waals surface area (Å²) in [5.41, 5.74) is 7.30. The van der Waals surface area contributed by atoms with Crippen molar-refractivity contribution >= 4 is 15.9 Å². The number of benzene rings is 2. The van der Waals surface area contributed by atoms with E-state index in [9.17, 15) is 0 Å². The molecule has 0 saturated heterocycles. The van der Waals surface area contributed by atoms with Crippen LogP contribution in [0.4, 0.5) is 0 Å². The molecule has 2 atom stereocenters. The van der Waals surface area contributed by atoms with Crippen molar-refractivity contribution in [1.82, 2.24) is 0 Å². The van der Waals surface area contributed by atoms with Gasteiger partial charge in [-0.1, -0.05) is 35.0 Å². The van der Waals surface area contributed by atoms with E-state index in [2.05, 4.69) is 22.9 Å². The third-order valence-corrected chi connectivity index (χ3v) is 3.91. The highest BCUT2D eigenvalue weighted by molar-refractivity contribution is 9.10. The zero-order chi connectivity index (χ0) is 15.2. The molecule has 2 aromatic carbocycles. The number of nitrogens with two attached hydrogens (primary N) is 1. The minimum Gasteiger partial charge on any atom is -0.497 e. The molecule has 0 aliphatic rings. The molecule has 2 N–H and O–H groups in total. The second kappa shape index (κ2) is 7.48. The van der Waals surface area contributed by atoms with Crippen LogP contribution in [0.3, 0.4) is 0 Å². The summed E-state index contributed by atoms with van der Waals surface area (Å²) in [4.78, 5) is 0. The second-order valence-corrected chi connectivity index (χ2v) is 5.75. The van der Waals surface area contributed by atoms with E-state index in [0.29, 0.717) is 0 Å². The maximum Gasteiger partial charge on any atom is 0.139 e. The average molecular weight is 350 g/mol. The smallest absolute Gasteiger partial charge is 0.139 e. The van der Waals surface area contributed by atoms with Crippen molar-refractivity contribution in [2.24, 2.45) is 5.73 Å². The number of halogens is 1. The number of methoxy groups -OCH3 is 1. The molecule has 0 aliphatic carbocycles. The fourth-order valence-corrected chi connectivity index (χ4v) is 2.33. The normalized spacial score (nSPS) is 13.5. The van der Waals surface area contributed by atoms with Crippen molar-refractivity contribution in [3.63, 3.8) is 0 Å². The first-order chi connectivity index (χ1) is 10.1. The lowest BCUT2D eigenvalue weighted by atomic mass is 10.0. The predicted octanol–water partition coefficient (Wildman–Crippen LogP) is 4.32. The maximum absolute atomic E-state index is 6.23. The zero-order valence-electron chi connectivity index (χ0n) is 12.3. The molecule has 2 aromatic rings. The molecule has 0 heterocycles. The number of rotatable bonds is 6. The van der Waals surface area contributed by atoms with Gasteiger partial charge in [-0.25, -0.2) is 0 Å². The molecule has 0 bridgehead atoms. The van der Waals surface area contributed by atoms with E-state index in [1.807, 2.05) is 48.5 Å². The van der Waals surface area contributed by atoms with Crippen LogP contribution >= 0.6 is 15.9 Å². The third-order valence-electron chi connectivity index (χ3n) is 3.38. The molecule has 2 unspecified atom stereocenters. The van der Waals surface area contributed by atoms with E-state index in [1.54, 1.807) is 7.11 Å². The highest BCUT2D eigenvalue weighted by Crippen LogP contribution is 2.27. The summed E-state index contributed by atoms with van der Waals surface area (Å²) in [5, 5.41) is 0. The quantitative estimate of drug-likeness (QED) is 0.844. The highest BCUT2D eigenvalue weighted by atomic mass is 79.9. The Balaban J connectivity index is 2.21. The standard InChI is InChI=1S/C17H20BrNO2/c1-3-16(19)17(12-4-6-13(18)7-5-12)21-15-10-8-14(20-2)9-11-15/h4-11,16-17H,3,19H2,1-2H3. The molecular formula is C17H20BrNO2. The highest BCUT2D eigenvalue weighted by Gasteiger charge is 2.20. The first-order valence-electron chi connectivity index (χ1n) is 6.95. The Morgan fingerprint density at radius 3 is 2.10 bits per heavy atom. The summed E-state index contributed by atoms with van der Waals surface area (Å²) in [7, 11) is 1.65. The zero-order valence-corrected chi connectivity index (χ0v) is 13.8. The van der Waals surface area contributed by atoms with Crippen molar-refractivity contribution in [2.45, 2.75) is 25.5 Å². The SMILES string of the molecule is CCC(N)C(Oc1ccc(OC)cc1)c1ccc(Br)cc1. The fraction of sp³-hybridized carbons (Fsp3) is 0.294. The Bertz CT molecular complexity index is 554. The van der Waals surface area contributed by atoms with Crippen LogP contribution in [0.15, 0.2) is 53.0 Å². The van der Waals surface area contributed by atoms with Crippen LogP contribution in [-0.2, 0) is 0 Å². The van der Waals surface area contributed by atoms with Gasteiger partial charge in [-0.2, -0.15) is 0 Å². The molecule has 21 heavy (non-hydrogen) atoms. The minimum absolute atomic E-state index is 0.0618. The van der Waals surface area contributed by atoms with Crippen molar-refractivity contribution in [1.29, 1.82) is 0 Å². The fourth-order valence-electron chi connectivity index (χ4n) is 2.07. The molecule has 2 rings (SSSR count). The Labute approximate surface area is 134 Å². The van der Waals surface area contributed by atoms with E-state index in [0.717, 1.165) is 28.0 Å². The maximum atomic E-state index is 6.23. The van der Waals surface area contributed by atoms with Gasteiger partial charge in [0.2, 0.25) is 0 Å². The summed E-state index contributed by atoms with van der Waals surface area (Å²) >= 11 is 3.45. The topological polar surface area (TPSA) is 44.5 Å². The van der Waals surface area contributed by atoms with Gasteiger partial charge in [0.05, 0.1) is 7.11 Å². The first kappa shape index (κ1) is 15.9. The summed E-state index contributed by atoms with van der Waals surface area (Å²) < 4.78 is 12.3. The largest absolute Gasteiger partial charge is 0.497 e. The third kappa shape index (κ3) is 4.22. The molecule has 0 radical (unpaired) electrons. The Morgan fingerprint density at radius 2 is 1.57 bits per heavy atom. The van der Waals surface area contributed by atoms with E-state index in [4.69, 9.17) is 15.2 Å². The summed E-state index contributed by atoms with van der Waals surface area (Å²) in [6.07, 6.45) is 0.674. The van der Waals surface area contributed by atoms with Crippen molar-refractivity contribution in [2.75, 3.05) is 7.11 Å². The molecule has 0 amide bonds. The van der Waals surface area contributed by atoms with Crippen LogP contribution < -0.4 is 15.2 Å². The number of hydrogen-bond acceptors (Lipinski definition) is 3. The van der Waals surface area contributed by atoms with Crippen molar-refractivity contribution in [3.05, 3.63) is 58.6 Å². The average Bonchev–Trinajstić information content (AvgIpc) is 2.53. The predicted molar refractivity (Wildman–Crippen MR) is 88.8 cm³/mol. The van der Waals surface area contributed by atoms with Gasteiger partial charge < -0.3 is 15.2 Å². The second-order valence-electron chi connectivity index (χ2n) is 4.84. The van der Waals surface area contributed by atoms with Crippen LogP contribution in [0, 0.1) is 0 Å². The summed E-state index contributed by atoms with van der Waals surface area (Å²) in [6, 6.07) is 15.6. The van der Waals surface area contributed by atoms with Crippen LogP contribution in [0.25, 0.3) is 0 Å². The van der Waals surface area contributed by atoms with Gasteiger partial charge in [-0.05, 0) is 48.4 Å². The Morgan fingerprint density at radius 1 is 1.00 bits per heavy atom. The van der Waals surface area contributed by atoms with Crippen LogP contribution in [-0.4, -0.2) is 13.2 Å². The molecule has 0 fully saturated rings. The van der Waals surface area contributed by atoms with Crippen LogP contribution in [0.5, 0.6) is 11.5 Å². The lowest BCUT2D eigenvalue weighted by Gasteiger charge is -2.25. The first-order valence-corrected chi connectivity index (χ1v) is 7.75. The van der Waals surface area contributed by atoms with Gasteiger partial charge >= 0.3 is 0 Å². The molecule has 4 heteroatoms. The van der Waals surface area contributed by atoms with Crippen molar-refractivity contribution < 1.29 is 9.47 Å². The van der Waals surface area contributed by atoms with Gasteiger partial charge in [0, 0.05) is 10.5 Å². The number of hydrogen-bond donors (Lipinski definition) is 1. The van der Waals surface area contributed by atoms with Gasteiger partial charge in [0.15, 0.2) is 0 Å². The molecule has 112 valence electrons. The van der Waals surface area contributed by atoms with E-state index >= 15 is 0 Å². The van der Waals surface area contributed by atoms with E-state index < -0.39 is 0 Å². The summed E-state index contributed by atoms with van der Waals surface area (Å²) in [5.74, 6) is 1.59. The lowest BCUT2D eigenvalue weighted by Crippen LogP contribution is -2.31. The van der Waals surface area contributed by atoms with Crippen LogP contribution in [0.1, 0.15) is 25.0 Å². The van der Waals surface area contributed by atoms with Gasteiger partial charge in [0.25, 0.3) is 0 Å². The van der Waals surface area contributed by atoms with Gasteiger partial charge in [-0.3, -0.25) is 0 Å². The summed E-state index contributed by atoms with van der Waals surface area (Å²) in [6.45, 7) is 2.06. The van der Waals surface area contributed by atoms with E-state index in [-0.39, 0.29) is 12.1 Å². The minimum atomic E-state index is -0.170. The van der Waals surface area contributed by atoms with E-state index in [1.165, 1.54) is 0 Å². The molecule has 0 aromatic heterocycles. The molecular weight excluding hydrogens is 330 g/mol.